The molecule has 0 aromatic heterocycles. The van der Waals surface area contributed by atoms with Crippen molar-refractivity contribution in [3.8, 4) is 0 Å². The van der Waals surface area contributed by atoms with Gasteiger partial charge in [0.15, 0.2) is 0 Å². The lowest BCUT2D eigenvalue weighted by atomic mass is 10.1. The smallest absolute Gasteiger partial charge is 0.219 e. The van der Waals surface area contributed by atoms with Gasteiger partial charge in [0, 0.05) is 6.42 Å². The molecule has 0 spiro atoms. The van der Waals surface area contributed by atoms with Gasteiger partial charge in [0.25, 0.3) is 0 Å². The number of carbonyl (C=O) groups is 1. The minimum Gasteiger partial charge on any atom is -0.278 e. The van der Waals surface area contributed by atoms with Crippen molar-refractivity contribution in [3.63, 3.8) is 0 Å². The van der Waals surface area contributed by atoms with Crippen LogP contribution in [-0.4, -0.2) is 17.1 Å². The van der Waals surface area contributed by atoms with E-state index in [-0.39, 0.29) is 0 Å². The first-order valence-corrected chi connectivity index (χ1v) is 7.83. The molecule has 0 unspecified atom stereocenters. The third-order valence-corrected chi connectivity index (χ3v) is 3.66. The highest BCUT2D eigenvalue weighted by Gasteiger charge is 2.16. The Balaban J connectivity index is 3.42. The number of rotatable bonds is 7. The van der Waals surface area contributed by atoms with E-state index < -0.39 is 0 Å². The molecule has 0 N–H and O–H groups in total. The predicted octanol–water partition coefficient (Wildman–Crippen LogP) is 5.24. The van der Waals surface area contributed by atoms with Gasteiger partial charge in [0.05, 0.1) is 11.4 Å². The number of allylic oxidation sites excluding steroid dienone is 3. The van der Waals surface area contributed by atoms with Crippen LogP contribution in [0.4, 0.5) is 5.69 Å². The van der Waals surface area contributed by atoms with Crippen LogP contribution in [0.1, 0.15) is 37.8 Å². The fraction of sp³-hybridized carbons (Fsp3) is 0.300. The summed E-state index contributed by atoms with van der Waals surface area (Å²) in [5.74, 6) is 0.715. The maximum Gasteiger partial charge on any atom is 0.219 e. The molecule has 3 nitrogen and oxygen atoms in total. The fourth-order valence-corrected chi connectivity index (χ4v) is 2.25. The lowest BCUT2D eigenvalue weighted by Gasteiger charge is -2.23. The van der Waals surface area contributed by atoms with E-state index in [1.54, 1.807) is 17.1 Å². The largest absolute Gasteiger partial charge is 0.278 e. The van der Waals surface area contributed by atoms with Crippen LogP contribution in [0.25, 0.3) is 0 Å². The summed E-state index contributed by atoms with van der Waals surface area (Å²) in [5, 5.41) is 0. The molecule has 1 aromatic rings. The third kappa shape index (κ3) is 4.78. The van der Waals surface area contributed by atoms with Gasteiger partial charge in [-0.1, -0.05) is 38.3 Å². The summed E-state index contributed by atoms with van der Waals surface area (Å²) in [7, 11) is 0. The molecule has 0 radical (unpaired) electrons. The Labute approximate surface area is 139 Å². The maximum absolute atomic E-state index is 11.7. The number of hydrogen-bond donors (Lipinski definition) is 0. The van der Waals surface area contributed by atoms with Crippen LogP contribution in [0.3, 0.4) is 0 Å². The highest BCUT2D eigenvalue weighted by atomic mass is 16.1. The summed E-state index contributed by atoms with van der Waals surface area (Å²) in [4.78, 5) is 18.0. The zero-order valence-corrected chi connectivity index (χ0v) is 14.6. The number of carbonyl (C=O) groups excluding carboxylic acids is 1. The Morgan fingerprint density at radius 1 is 1.35 bits per heavy atom. The van der Waals surface area contributed by atoms with E-state index in [1.165, 1.54) is 5.56 Å². The van der Waals surface area contributed by atoms with E-state index in [2.05, 4.69) is 33.1 Å². The molecule has 0 bridgehead atoms. The molecular weight excluding hydrogens is 284 g/mol. The van der Waals surface area contributed by atoms with Crippen LogP contribution in [0, 0.1) is 13.8 Å². The summed E-state index contributed by atoms with van der Waals surface area (Å²) < 4.78 is 0. The molecule has 0 atom stereocenters. The lowest BCUT2D eigenvalue weighted by Crippen LogP contribution is -2.29. The Bertz CT molecular complexity index is 654. The predicted molar refractivity (Wildman–Crippen MR) is 98.9 cm³/mol. The highest BCUT2D eigenvalue weighted by Crippen LogP contribution is 2.24. The second-order valence-electron chi connectivity index (χ2n) is 5.54. The van der Waals surface area contributed by atoms with Crippen molar-refractivity contribution in [2.45, 2.75) is 40.5 Å². The molecule has 1 aromatic carbocycles. The van der Waals surface area contributed by atoms with Gasteiger partial charge in [-0.2, -0.15) is 0 Å². The number of aryl methyl sites for hydroxylation is 1. The number of hydrogen-bond acceptors (Lipinski definition) is 2. The number of nitrogens with zero attached hydrogens (tertiary/aromatic N) is 2. The summed E-state index contributed by atoms with van der Waals surface area (Å²) in [6.07, 6.45) is 5.83. The van der Waals surface area contributed by atoms with Gasteiger partial charge in [-0.25, -0.2) is 4.99 Å². The first-order chi connectivity index (χ1) is 11.0. The molecule has 1 rings (SSSR count). The van der Waals surface area contributed by atoms with Crippen molar-refractivity contribution in [2.75, 3.05) is 0 Å². The molecule has 122 valence electrons. The topological polar surface area (TPSA) is 32.7 Å². The minimum atomic E-state index is 0.702. The molecule has 0 aliphatic rings. The van der Waals surface area contributed by atoms with E-state index in [1.807, 2.05) is 26.0 Å². The van der Waals surface area contributed by atoms with Crippen molar-refractivity contribution < 1.29 is 4.79 Å². The average Bonchev–Trinajstić information content (AvgIpc) is 2.51. The molecule has 0 saturated carbocycles. The summed E-state index contributed by atoms with van der Waals surface area (Å²) >= 11 is 0. The molecule has 0 heterocycles. The van der Waals surface area contributed by atoms with Gasteiger partial charge >= 0.3 is 0 Å². The second-order valence-corrected chi connectivity index (χ2v) is 5.54. The zero-order valence-electron chi connectivity index (χ0n) is 14.6. The minimum absolute atomic E-state index is 0.702. The number of amides is 1. The SMILES string of the molecule is C=C/C=C(\C(=C)C)N(C=O)C(CCC)=Nc1cccc(C)c1C. The molecule has 0 aliphatic heterocycles. The van der Waals surface area contributed by atoms with E-state index in [9.17, 15) is 4.79 Å². The molecule has 23 heavy (non-hydrogen) atoms. The van der Waals surface area contributed by atoms with E-state index in [0.29, 0.717) is 18.0 Å². The number of aliphatic imine (C=N–C) groups is 1. The van der Waals surface area contributed by atoms with Gasteiger partial charge in [0.1, 0.15) is 5.84 Å². The van der Waals surface area contributed by atoms with Crippen LogP contribution in [0.5, 0.6) is 0 Å². The van der Waals surface area contributed by atoms with Crippen molar-refractivity contribution in [2.24, 2.45) is 4.99 Å². The van der Waals surface area contributed by atoms with Crippen LogP contribution < -0.4 is 0 Å². The first kappa shape index (κ1) is 18.6. The lowest BCUT2D eigenvalue weighted by molar-refractivity contribution is -0.113. The van der Waals surface area contributed by atoms with Gasteiger partial charge in [0.2, 0.25) is 6.41 Å². The summed E-state index contributed by atoms with van der Waals surface area (Å²) in [6.45, 7) is 15.7. The van der Waals surface area contributed by atoms with Gasteiger partial charge in [-0.05, 0) is 56.0 Å². The Kier molecular flexibility index (Phi) is 7.20. The second kappa shape index (κ2) is 8.89. The Hall–Kier alpha value is -2.42. The van der Waals surface area contributed by atoms with Crippen molar-refractivity contribution in [1.29, 1.82) is 0 Å². The van der Waals surface area contributed by atoms with Gasteiger partial charge in [-0.15, -0.1) is 0 Å². The van der Waals surface area contributed by atoms with Crippen molar-refractivity contribution in [1.82, 2.24) is 4.90 Å². The van der Waals surface area contributed by atoms with Crippen LogP contribution in [0.2, 0.25) is 0 Å². The average molecular weight is 310 g/mol. The standard InChI is InChI=1S/C20H26N2O/c1-7-10-19(15(3)4)22(14-23)20(11-8-2)21-18-13-9-12-16(5)17(18)6/h7,9-10,12-14H,1,3,8,11H2,2,4-6H3/b19-10+,21-20?. The maximum atomic E-state index is 11.7. The molecule has 1 amide bonds. The molecule has 0 saturated heterocycles. The van der Waals surface area contributed by atoms with Crippen LogP contribution in [-0.2, 0) is 4.79 Å². The first-order valence-electron chi connectivity index (χ1n) is 7.83. The quantitative estimate of drug-likeness (QED) is 0.293. The fourth-order valence-electron chi connectivity index (χ4n) is 2.25. The summed E-state index contributed by atoms with van der Waals surface area (Å²) in [6, 6.07) is 6.01. The van der Waals surface area contributed by atoms with Gasteiger partial charge in [-0.3, -0.25) is 9.69 Å². The Morgan fingerprint density at radius 3 is 2.57 bits per heavy atom. The van der Waals surface area contributed by atoms with Crippen LogP contribution >= 0.6 is 0 Å². The number of benzene rings is 1. The normalized spacial score (nSPS) is 12.0. The van der Waals surface area contributed by atoms with E-state index in [0.717, 1.165) is 29.7 Å². The molecular formula is C20H26N2O. The molecule has 3 heteroatoms. The Morgan fingerprint density at radius 2 is 2.04 bits per heavy atom. The highest BCUT2D eigenvalue weighted by molar-refractivity contribution is 5.95. The monoisotopic (exact) mass is 310 g/mol. The van der Waals surface area contributed by atoms with Crippen molar-refractivity contribution in [3.05, 3.63) is 65.9 Å². The summed E-state index contributed by atoms with van der Waals surface area (Å²) in [5.41, 5.74) is 4.70. The van der Waals surface area contributed by atoms with E-state index >= 15 is 0 Å². The molecule has 0 fully saturated rings. The molecule has 0 aliphatic carbocycles. The van der Waals surface area contributed by atoms with Crippen molar-refractivity contribution >= 4 is 17.9 Å². The third-order valence-electron chi connectivity index (χ3n) is 3.66. The van der Waals surface area contributed by atoms with Gasteiger partial charge < -0.3 is 0 Å². The number of amidine groups is 1. The van der Waals surface area contributed by atoms with E-state index in [4.69, 9.17) is 4.99 Å². The zero-order chi connectivity index (χ0) is 17.4. The van der Waals surface area contributed by atoms with Crippen LogP contribution in [0.15, 0.2) is 59.8 Å².